The zero-order chi connectivity index (χ0) is 15.1. The van der Waals surface area contributed by atoms with E-state index >= 15 is 0 Å². The van der Waals surface area contributed by atoms with Crippen LogP contribution in [0.25, 0.3) is 10.9 Å². The molecule has 0 aliphatic rings. The van der Waals surface area contributed by atoms with E-state index in [4.69, 9.17) is 0 Å². The number of hydrogen-bond acceptors (Lipinski definition) is 2. The lowest BCUT2D eigenvalue weighted by Crippen LogP contribution is -2.55. The van der Waals surface area contributed by atoms with Crippen LogP contribution in [0.3, 0.4) is 0 Å². The second-order valence-corrected chi connectivity index (χ2v) is 8.19. The zero-order valence-corrected chi connectivity index (χ0v) is 15.9. The number of carbonyl (C=O) groups is 1. The molecule has 0 aliphatic carbocycles. The molecule has 0 amide bonds. The fraction of sp³-hybridized carbons (Fsp3) is 0.357. The summed E-state index contributed by atoms with van der Waals surface area (Å²) in [5, 5.41) is 12.5. The number of hydrogen-bond donors (Lipinski definition) is 1. The second-order valence-electron chi connectivity index (χ2n) is 5.78. The molecule has 1 heterocycles. The van der Waals surface area contributed by atoms with E-state index in [1.165, 1.54) is 0 Å². The first-order chi connectivity index (χ1) is 9.20. The number of halogens is 2. The lowest BCUT2D eigenvalue weighted by molar-refractivity contribution is -0.889. The summed E-state index contributed by atoms with van der Waals surface area (Å²) < 4.78 is 2.64. The summed E-state index contributed by atoms with van der Waals surface area (Å²) in [5.74, 6) is -1.01. The van der Waals surface area contributed by atoms with Gasteiger partial charge in [-0.25, -0.2) is 0 Å². The minimum absolute atomic E-state index is 0.343. The van der Waals surface area contributed by atoms with Gasteiger partial charge >= 0.3 is 0 Å². The number of nitrogens with one attached hydrogen (secondary N) is 1. The van der Waals surface area contributed by atoms with E-state index in [9.17, 15) is 9.90 Å². The molecule has 1 atom stereocenters. The average molecular weight is 498 g/mol. The molecule has 0 fully saturated rings. The highest BCUT2D eigenvalue weighted by Gasteiger charge is 2.26. The first-order valence-electron chi connectivity index (χ1n) is 6.17. The molecule has 4 nitrogen and oxygen atoms in total. The third-order valence-electron chi connectivity index (χ3n) is 3.41. The molecule has 2 aromatic rings. The van der Waals surface area contributed by atoms with Crippen molar-refractivity contribution in [2.24, 2.45) is 0 Å². The van der Waals surface area contributed by atoms with Gasteiger partial charge in [0.2, 0.25) is 0 Å². The van der Waals surface area contributed by atoms with Gasteiger partial charge in [0.05, 0.1) is 32.6 Å². The van der Waals surface area contributed by atoms with Crippen molar-refractivity contribution >= 4 is 62.1 Å². The number of nitrogens with zero attached hydrogens (tertiary/aromatic N) is 1. The van der Waals surface area contributed by atoms with Crippen LogP contribution >= 0.6 is 45.2 Å². The minimum Gasteiger partial charge on any atom is -0.544 e. The molecule has 1 N–H and O–H groups in total. The number of carbonyl (C=O) groups excluding carboxylic acids is 1. The van der Waals surface area contributed by atoms with Gasteiger partial charge in [0.15, 0.2) is 0 Å². The predicted octanol–water partition coefficient (Wildman–Crippen LogP) is 1.74. The van der Waals surface area contributed by atoms with Crippen LogP contribution in [-0.2, 0) is 11.2 Å². The smallest absolute Gasteiger partial charge is 0.133 e. The molecule has 6 heteroatoms. The quantitative estimate of drug-likeness (QED) is 0.517. The van der Waals surface area contributed by atoms with Gasteiger partial charge in [-0.1, -0.05) is 0 Å². The molecule has 20 heavy (non-hydrogen) atoms. The molecular weight excluding hydrogens is 482 g/mol. The molecule has 1 aromatic carbocycles. The highest BCUT2D eigenvalue weighted by molar-refractivity contribution is 14.1. The van der Waals surface area contributed by atoms with Crippen molar-refractivity contribution in [2.45, 2.75) is 12.5 Å². The van der Waals surface area contributed by atoms with Gasteiger partial charge < -0.3 is 19.4 Å². The Hall–Kier alpha value is -0.350. The third kappa shape index (κ3) is 3.28. The van der Waals surface area contributed by atoms with E-state index in [1.807, 2.05) is 27.3 Å². The van der Waals surface area contributed by atoms with Gasteiger partial charge in [-0.05, 0) is 62.9 Å². The Balaban J connectivity index is 2.46. The van der Waals surface area contributed by atoms with Crippen molar-refractivity contribution in [2.75, 3.05) is 21.1 Å². The Morgan fingerprint density at radius 1 is 1.35 bits per heavy atom. The van der Waals surface area contributed by atoms with Crippen molar-refractivity contribution in [1.82, 2.24) is 4.98 Å². The monoisotopic (exact) mass is 498 g/mol. The Labute approximate surface area is 145 Å². The topological polar surface area (TPSA) is 55.9 Å². The molecule has 0 radical (unpaired) electrons. The lowest BCUT2D eigenvalue weighted by Gasteiger charge is -2.34. The molecule has 1 unspecified atom stereocenters. The van der Waals surface area contributed by atoms with Crippen molar-refractivity contribution < 1.29 is 14.4 Å². The van der Waals surface area contributed by atoms with E-state index in [0.29, 0.717) is 10.9 Å². The van der Waals surface area contributed by atoms with Crippen LogP contribution in [-0.4, -0.2) is 42.6 Å². The van der Waals surface area contributed by atoms with Crippen molar-refractivity contribution in [3.63, 3.8) is 0 Å². The van der Waals surface area contributed by atoms with Gasteiger partial charge in [-0.15, -0.1) is 0 Å². The number of aromatic amines is 1. The minimum atomic E-state index is -1.01. The second kappa shape index (κ2) is 5.80. The third-order valence-corrected chi connectivity index (χ3v) is 4.89. The number of fused-ring (bicyclic) bond motifs is 1. The van der Waals surface area contributed by atoms with E-state index in [1.54, 1.807) is 0 Å². The number of rotatable bonds is 4. The predicted molar refractivity (Wildman–Crippen MR) is 94.3 cm³/mol. The highest BCUT2D eigenvalue weighted by atomic mass is 127. The molecular formula is C14H16I2N2O2. The number of aromatic nitrogens is 1. The van der Waals surface area contributed by atoms with Crippen LogP contribution in [0.5, 0.6) is 0 Å². The van der Waals surface area contributed by atoms with Crippen molar-refractivity contribution in [3.05, 3.63) is 31.0 Å². The Kier molecular flexibility index (Phi) is 4.65. The van der Waals surface area contributed by atoms with Crippen LogP contribution in [0.4, 0.5) is 0 Å². The van der Waals surface area contributed by atoms with Crippen LogP contribution in [0, 0.1) is 7.14 Å². The standard InChI is InChI=1S/C14H16I2N2O2/c1-18(2,3)12(14(19)20)4-8-7-17-13-10(8)5-9(15)6-11(13)16/h5-7,12,17H,4H2,1-3H3. The molecule has 0 bridgehead atoms. The molecule has 0 saturated heterocycles. The number of quaternary nitrogens is 1. The van der Waals surface area contributed by atoms with Crippen LogP contribution in [0.15, 0.2) is 18.3 Å². The summed E-state index contributed by atoms with van der Waals surface area (Å²) in [4.78, 5) is 14.7. The van der Waals surface area contributed by atoms with E-state index in [2.05, 4.69) is 62.3 Å². The molecule has 1 aromatic heterocycles. The van der Waals surface area contributed by atoms with E-state index in [-0.39, 0.29) is 0 Å². The molecule has 0 aliphatic heterocycles. The van der Waals surface area contributed by atoms with Gasteiger partial charge in [-0.2, -0.15) is 0 Å². The maximum atomic E-state index is 11.4. The number of H-pyrrole nitrogens is 1. The SMILES string of the molecule is C[N+](C)(C)C(Cc1c[nH]c2c(I)cc(I)cc12)C(=O)[O-]. The normalized spacial score (nSPS) is 13.7. The lowest BCUT2D eigenvalue weighted by atomic mass is 10.0. The van der Waals surface area contributed by atoms with Gasteiger partial charge in [0.1, 0.15) is 6.04 Å². The van der Waals surface area contributed by atoms with Gasteiger partial charge in [0.25, 0.3) is 0 Å². The maximum absolute atomic E-state index is 11.4. The zero-order valence-electron chi connectivity index (χ0n) is 11.5. The number of benzene rings is 1. The van der Waals surface area contributed by atoms with Crippen molar-refractivity contribution in [3.8, 4) is 0 Å². The molecule has 0 saturated carbocycles. The Morgan fingerprint density at radius 3 is 2.55 bits per heavy atom. The number of aliphatic carboxylic acids is 1. The van der Waals surface area contributed by atoms with Crippen molar-refractivity contribution in [1.29, 1.82) is 0 Å². The fourth-order valence-electron chi connectivity index (χ4n) is 2.26. The number of carboxylic acids is 1. The van der Waals surface area contributed by atoms with Gasteiger partial charge in [-0.3, -0.25) is 0 Å². The Morgan fingerprint density at radius 2 is 2.00 bits per heavy atom. The summed E-state index contributed by atoms with van der Waals surface area (Å²) >= 11 is 4.57. The number of likely N-dealkylation sites (N-methyl/N-ethyl adjacent to an activating group) is 1. The summed E-state index contributed by atoms with van der Waals surface area (Å²) in [6, 6.07) is 3.62. The Bertz CT molecular complexity index is 659. The summed E-state index contributed by atoms with van der Waals surface area (Å²) in [7, 11) is 5.63. The van der Waals surface area contributed by atoms with Crippen LogP contribution in [0.2, 0.25) is 0 Å². The molecule has 108 valence electrons. The maximum Gasteiger partial charge on any atom is 0.133 e. The largest absolute Gasteiger partial charge is 0.544 e. The van der Waals surface area contributed by atoms with E-state index < -0.39 is 12.0 Å². The van der Waals surface area contributed by atoms with Crippen LogP contribution < -0.4 is 5.11 Å². The number of carboxylic acid groups (broad SMARTS) is 1. The summed E-state index contributed by atoms with van der Waals surface area (Å²) in [5.41, 5.74) is 2.10. The average Bonchev–Trinajstić information content (AvgIpc) is 2.67. The summed E-state index contributed by atoms with van der Waals surface area (Å²) in [6.07, 6.45) is 2.37. The first kappa shape index (κ1) is 16.0. The first-order valence-corrected chi connectivity index (χ1v) is 8.33. The summed E-state index contributed by atoms with van der Waals surface area (Å²) in [6.45, 7) is 0. The molecule has 0 spiro atoms. The van der Waals surface area contributed by atoms with Gasteiger partial charge in [0, 0.05) is 25.1 Å². The van der Waals surface area contributed by atoms with Crippen LogP contribution in [0.1, 0.15) is 5.56 Å². The van der Waals surface area contributed by atoms with E-state index in [0.717, 1.165) is 23.6 Å². The highest BCUT2D eigenvalue weighted by Crippen LogP contribution is 2.27. The fourth-order valence-corrected chi connectivity index (χ4v) is 4.26. The molecule has 2 rings (SSSR count).